The number of benzene rings is 1. The van der Waals surface area contributed by atoms with Crippen LogP contribution in [0.4, 0.5) is 5.82 Å². The quantitative estimate of drug-likeness (QED) is 0.422. The maximum atomic E-state index is 5.48. The van der Waals surface area contributed by atoms with E-state index in [0.717, 1.165) is 58.9 Å². The average Bonchev–Trinajstić information content (AvgIpc) is 3.38. The van der Waals surface area contributed by atoms with Gasteiger partial charge in [0.25, 0.3) is 0 Å². The van der Waals surface area contributed by atoms with Crippen LogP contribution in [0.1, 0.15) is 5.89 Å². The zero-order valence-electron chi connectivity index (χ0n) is 17.2. The standard InChI is InChI=1S/C20H21BrN8O2/c1-27-19-16(17(21)25-27)20(23-12-22-19)29-9-7-28(8-10-29)11-15-24-18(26-31-15)13-3-5-14(30-2)6-4-13/h3-6,12H,7-11H2,1-2H3. The molecular weight excluding hydrogens is 464 g/mol. The summed E-state index contributed by atoms with van der Waals surface area (Å²) in [6.45, 7) is 4.03. The number of halogens is 1. The van der Waals surface area contributed by atoms with Gasteiger partial charge in [0, 0.05) is 38.8 Å². The molecule has 11 heteroatoms. The molecule has 4 aromatic rings. The number of piperazine rings is 1. The summed E-state index contributed by atoms with van der Waals surface area (Å²) in [5.74, 6) is 2.90. The van der Waals surface area contributed by atoms with Crippen molar-refractivity contribution in [3.63, 3.8) is 0 Å². The van der Waals surface area contributed by atoms with Gasteiger partial charge in [-0.25, -0.2) is 14.6 Å². The summed E-state index contributed by atoms with van der Waals surface area (Å²) < 4.78 is 13.2. The molecule has 1 aromatic carbocycles. The monoisotopic (exact) mass is 484 g/mol. The molecule has 160 valence electrons. The van der Waals surface area contributed by atoms with Crippen molar-refractivity contribution in [1.82, 2.24) is 34.8 Å². The fourth-order valence-electron chi connectivity index (χ4n) is 3.75. The van der Waals surface area contributed by atoms with Gasteiger partial charge in [0.15, 0.2) is 5.65 Å². The molecule has 1 aliphatic heterocycles. The Labute approximate surface area is 187 Å². The van der Waals surface area contributed by atoms with E-state index in [0.29, 0.717) is 18.3 Å². The number of rotatable bonds is 5. The molecule has 1 saturated heterocycles. The van der Waals surface area contributed by atoms with Gasteiger partial charge in [0.1, 0.15) is 22.5 Å². The van der Waals surface area contributed by atoms with Crippen molar-refractivity contribution in [2.75, 3.05) is 38.2 Å². The van der Waals surface area contributed by atoms with E-state index in [1.165, 1.54) is 0 Å². The van der Waals surface area contributed by atoms with Crippen LogP contribution in [-0.4, -0.2) is 68.1 Å². The lowest BCUT2D eigenvalue weighted by atomic mass is 10.2. The largest absolute Gasteiger partial charge is 0.497 e. The first-order valence-corrected chi connectivity index (χ1v) is 10.7. The fourth-order valence-corrected chi connectivity index (χ4v) is 4.34. The minimum absolute atomic E-state index is 0.584. The number of hydrogen-bond donors (Lipinski definition) is 0. The Hall–Kier alpha value is -3.05. The summed E-state index contributed by atoms with van der Waals surface area (Å²) in [5.41, 5.74) is 1.71. The van der Waals surface area contributed by atoms with Crippen molar-refractivity contribution in [3.05, 3.63) is 41.1 Å². The summed E-state index contributed by atoms with van der Waals surface area (Å²) in [6.07, 6.45) is 1.59. The van der Waals surface area contributed by atoms with Crippen LogP contribution in [-0.2, 0) is 13.6 Å². The molecule has 3 aromatic heterocycles. The predicted octanol–water partition coefficient (Wildman–Crippen LogP) is 2.51. The Bertz CT molecular complexity index is 1200. The number of nitrogens with zero attached hydrogens (tertiary/aromatic N) is 8. The molecule has 1 aliphatic rings. The lowest BCUT2D eigenvalue weighted by Crippen LogP contribution is -2.46. The molecule has 5 rings (SSSR count). The van der Waals surface area contributed by atoms with E-state index in [1.807, 2.05) is 31.3 Å². The SMILES string of the molecule is COc1ccc(-c2noc(CN3CCN(c4ncnc5c4c(Br)nn5C)CC3)n2)cc1. The molecule has 0 N–H and O–H groups in total. The molecule has 0 saturated carbocycles. The van der Waals surface area contributed by atoms with Crippen LogP contribution in [0.5, 0.6) is 5.75 Å². The number of aromatic nitrogens is 6. The van der Waals surface area contributed by atoms with E-state index in [2.05, 4.69) is 50.9 Å². The highest BCUT2D eigenvalue weighted by Gasteiger charge is 2.24. The van der Waals surface area contributed by atoms with Crippen LogP contribution >= 0.6 is 15.9 Å². The highest BCUT2D eigenvalue weighted by molar-refractivity contribution is 9.10. The van der Waals surface area contributed by atoms with Crippen LogP contribution in [0, 0.1) is 0 Å². The zero-order chi connectivity index (χ0) is 21.4. The summed E-state index contributed by atoms with van der Waals surface area (Å²) in [5, 5.41) is 9.48. The summed E-state index contributed by atoms with van der Waals surface area (Å²) in [6, 6.07) is 7.61. The Morgan fingerprint density at radius 2 is 1.87 bits per heavy atom. The molecule has 1 fully saturated rings. The van der Waals surface area contributed by atoms with Gasteiger partial charge in [-0.3, -0.25) is 4.90 Å². The van der Waals surface area contributed by atoms with Gasteiger partial charge in [-0.05, 0) is 40.2 Å². The van der Waals surface area contributed by atoms with Crippen molar-refractivity contribution in [1.29, 1.82) is 0 Å². The Balaban J connectivity index is 1.24. The maximum Gasteiger partial charge on any atom is 0.241 e. The maximum absolute atomic E-state index is 5.48. The van der Waals surface area contributed by atoms with Gasteiger partial charge in [0.2, 0.25) is 11.7 Å². The van der Waals surface area contributed by atoms with E-state index >= 15 is 0 Å². The number of ether oxygens (including phenoxy) is 1. The molecule has 0 spiro atoms. The minimum Gasteiger partial charge on any atom is -0.497 e. The Morgan fingerprint density at radius 3 is 2.61 bits per heavy atom. The van der Waals surface area contributed by atoms with E-state index in [1.54, 1.807) is 18.1 Å². The molecule has 0 amide bonds. The van der Waals surface area contributed by atoms with Crippen LogP contribution in [0.15, 0.2) is 39.7 Å². The lowest BCUT2D eigenvalue weighted by Gasteiger charge is -2.34. The summed E-state index contributed by atoms with van der Waals surface area (Å²) in [4.78, 5) is 18.0. The third-order valence-electron chi connectivity index (χ3n) is 5.40. The second-order valence-corrected chi connectivity index (χ2v) is 8.06. The number of methoxy groups -OCH3 is 1. The number of aryl methyl sites for hydroxylation is 1. The molecule has 31 heavy (non-hydrogen) atoms. The van der Waals surface area contributed by atoms with Gasteiger partial charge in [0.05, 0.1) is 19.0 Å². The molecule has 0 bridgehead atoms. The molecule has 0 radical (unpaired) electrons. The molecule has 0 atom stereocenters. The fraction of sp³-hybridized carbons (Fsp3) is 0.350. The first-order valence-electron chi connectivity index (χ1n) is 9.90. The van der Waals surface area contributed by atoms with Crippen LogP contribution < -0.4 is 9.64 Å². The van der Waals surface area contributed by atoms with Crippen molar-refractivity contribution in [3.8, 4) is 17.1 Å². The van der Waals surface area contributed by atoms with E-state index in [-0.39, 0.29) is 0 Å². The summed E-state index contributed by atoms with van der Waals surface area (Å²) >= 11 is 3.54. The first kappa shape index (κ1) is 19.9. The highest BCUT2D eigenvalue weighted by atomic mass is 79.9. The second-order valence-electron chi connectivity index (χ2n) is 7.31. The summed E-state index contributed by atoms with van der Waals surface area (Å²) in [7, 11) is 3.52. The van der Waals surface area contributed by atoms with Gasteiger partial charge >= 0.3 is 0 Å². The number of anilines is 1. The molecule has 10 nitrogen and oxygen atoms in total. The Kier molecular flexibility index (Phi) is 5.28. The Morgan fingerprint density at radius 1 is 1.10 bits per heavy atom. The normalized spacial score (nSPS) is 15.0. The van der Waals surface area contributed by atoms with E-state index in [9.17, 15) is 0 Å². The van der Waals surface area contributed by atoms with E-state index < -0.39 is 0 Å². The number of fused-ring (bicyclic) bond motifs is 1. The first-order chi connectivity index (χ1) is 15.1. The minimum atomic E-state index is 0.584. The van der Waals surface area contributed by atoms with Crippen molar-refractivity contribution in [2.45, 2.75) is 6.54 Å². The zero-order valence-corrected chi connectivity index (χ0v) is 18.8. The van der Waals surface area contributed by atoms with Gasteiger partial charge in [-0.15, -0.1) is 0 Å². The van der Waals surface area contributed by atoms with Gasteiger partial charge in [-0.2, -0.15) is 10.1 Å². The highest BCUT2D eigenvalue weighted by Crippen LogP contribution is 2.30. The van der Waals surface area contributed by atoms with Crippen LogP contribution in [0.3, 0.4) is 0 Å². The molecule has 4 heterocycles. The lowest BCUT2D eigenvalue weighted by molar-refractivity contribution is 0.215. The topological polar surface area (TPSA) is 98.2 Å². The van der Waals surface area contributed by atoms with Gasteiger partial charge < -0.3 is 14.2 Å². The smallest absolute Gasteiger partial charge is 0.241 e. The number of hydrogen-bond acceptors (Lipinski definition) is 9. The van der Waals surface area contributed by atoms with Crippen molar-refractivity contribution in [2.24, 2.45) is 7.05 Å². The average molecular weight is 485 g/mol. The van der Waals surface area contributed by atoms with Gasteiger partial charge in [-0.1, -0.05) is 5.16 Å². The predicted molar refractivity (Wildman–Crippen MR) is 118 cm³/mol. The molecule has 0 aliphatic carbocycles. The van der Waals surface area contributed by atoms with Crippen molar-refractivity contribution < 1.29 is 9.26 Å². The van der Waals surface area contributed by atoms with E-state index in [4.69, 9.17) is 9.26 Å². The third kappa shape index (κ3) is 3.86. The third-order valence-corrected chi connectivity index (χ3v) is 5.96. The molecular formula is C20H21BrN8O2. The molecule has 0 unspecified atom stereocenters. The second kappa shape index (κ2) is 8.23. The van der Waals surface area contributed by atoms with Crippen LogP contribution in [0.2, 0.25) is 0 Å². The van der Waals surface area contributed by atoms with Crippen molar-refractivity contribution >= 4 is 32.8 Å². The van der Waals surface area contributed by atoms with Crippen LogP contribution in [0.25, 0.3) is 22.4 Å².